The number of aryl methyl sites for hydroxylation is 2. The molecule has 2 aliphatic carbocycles. The summed E-state index contributed by atoms with van der Waals surface area (Å²) in [5, 5.41) is 3.82. The minimum absolute atomic E-state index is 0.582. The highest BCUT2D eigenvalue weighted by Crippen LogP contribution is 2.33. The van der Waals surface area contributed by atoms with Crippen LogP contribution < -0.4 is 5.32 Å². The molecule has 21 heavy (non-hydrogen) atoms. The zero-order chi connectivity index (χ0) is 14.5. The standard InChI is InChI=1S/C20H31N/c1-2-13-21-20(14-16-7-4-3-5-8-16)19-12-11-17-9-6-10-18(17)15-19/h11-12,15-16,20-21H,2-10,13-14H2,1H3. The van der Waals surface area contributed by atoms with Crippen molar-refractivity contribution < 1.29 is 0 Å². The van der Waals surface area contributed by atoms with Gasteiger partial charge in [-0.25, -0.2) is 0 Å². The van der Waals surface area contributed by atoms with Gasteiger partial charge in [-0.1, -0.05) is 57.2 Å². The highest BCUT2D eigenvalue weighted by molar-refractivity contribution is 5.36. The van der Waals surface area contributed by atoms with Crippen LogP contribution in [0.25, 0.3) is 0 Å². The summed E-state index contributed by atoms with van der Waals surface area (Å²) < 4.78 is 0. The van der Waals surface area contributed by atoms with Crippen molar-refractivity contribution >= 4 is 0 Å². The summed E-state index contributed by atoms with van der Waals surface area (Å²) in [7, 11) is 0. The van der Waals surface area contributed by atoms with E-state index in [1.165, 1.54) is 64.2 Å². The Balaban J connectivity index is 1.71. The summed E-state index contributed by atoms with van der Waals surface area (Å²) >= 11 is 0. The van der Waals surface area contributed by atoms with Crippen LogP contribution in [0.5, 0.6) is 0 Å². The fraction of sp³-hybridized carbons (Fsp3) is 0.700. The lowest BCUT2D eigenvalue weighted by molar-refractivity contribution is 0.300. The van der Waals surface area contributed by atoms with E-state index in [9.17, 15) is 0 Å². The molecule has 0 aliphatic heterocycles. The molecule has 1 atom stereocenters. The monoisotopic (exact) mass is 285 g/mol. The highest BCUT2D eigenvalue weighted by Gasteiger charge is 2.21. The molecule has 1 heteroatoms. The smallest absolute Gasteiger partial charge is 0.0322 e. The van der Waals surface area contributed by atoms with Crippen LogP contribution in [0, 0.1) is 5.92 Å². The number of nitrogens with one attached hydrogen (secondary N) is 1. The summed E-state index contributed by atoms with van der Waals surface area (Å²) in [6.07, 6.45) is 13.8. The highest BCUT2D eigenvalue weighted by atomic mass is 14.9. The maximum Gasteiger partial charge on any atom is 0.0322 e. The molecule has 0 spiro atoms. The van der Waals surface area contributed by atoms with E-state index >= 15 is 0 Å². The largest absolute Gasteiger partial charge is 0.310 e. The summed E-state index contributed by atoms with van der Waals surface area (Å²) in [4.78, 5) is 0. The third kappa shape index (κ3) is 3.88. The van der Waals surface area contributed by atoms with Gasteiger partial charge in [-0.2, -0.15) is 0 Å². The second kappa shape index (κ2) is 7.45. The normalized spacial score (nSPS) is 20.4. The zero-order valence-corrected chi connectivity index (χ0v) is 13.7. The third-order valence-corrected chi connectivity index (χ3v) is 5.46. The van der Waals surface area contributed by atoms with Crippen LogP contribution in [0.3, 0.4) is 0 Å². The van der Waals surface area contributed by atoms with Crippen LogP contribution in [0.15, 0.2) is 18.2 Å². The lowest BCUT2D eigenvalue weighted by atomic mass is 9.83. The Labute approximate surface area is 130 Å². The molecule has 0 heterocycles. The van der Waals surface area contributed by atoms with Crippen molar-refractivity contribution in [2.24, 2.45) is 5.92 Å². The Bertz CT molecular complexity index is 445. The molecule has 0 radical (unpaired) electrons. The Morgan fingerprint density at radius 3 is 2.67 bits per heavy atom. The topological polar surface area (TPSA) is 12.0 Å². The van der Waals surface area contributed by atoms with Gasteiger partial charge in [-0.15, -0.1) is 0 Å². The quantitative estimate of drug-likeness (QED) is 0.758. The Morgan fingerprint density at radius 2 is 1.86 bits per heavy atom. The van der Waals surface area contributed by atoms with Crippen LogP contribution in [-0.4, -0.2) is 6.54 Å². The molecule has 1 saturated carbocycles. The van der Waals surface area contributed by atoms with Gasteiger partial charge in [0, 0.05) is 6.04 Å². The fourth-order valence-corrected chi connectivity index (χ4v) is 4.22. The molecule has 0 saturated heterocycles. The van der Waals surface area contributed by atoms with Crippen LogP contribution in [0.2, 0.25) is 0 Å². The van der Waals surface area contributed by atoms with Gasteiger partial charge in [0.1, 0.15) is 0 Å². The van der Waals surface area contributed by atoms with E-state index in [2.05, 4.69) is 30.4 Å². The lowest BCUT2D eigenvalue weighted by Gasteiger charge is -2.28. The molecule has 3 rings (SSSR count). The van der Waals surface area contributed by atoms with Gasteiger partial charge >= 0.3 is 0 Å². The van der Waals surface area contributed by atoms with E-state index in [4.69, 9.17) is 0 Å². The third-order valence-electron chi connectivity index (χ3n) is 5.46. The van der Waals surface area contributed by atoms with Crippen molar-refractivity contribution in [2.75, 3.05) is 6.54 Å². The van der Waals surface area contributed by atoms with Crippen molar-refractivity contribution in [2.45, 2.75) is 77.2 Å². The Morgan fingerprint density at radius 1 is 1.05 bits per heavy atom. The van der Waals surface area contributed by atoms with Crippen LogP contribution in [0.1, 0.15) is 81.0 Å². The van der Waals surface area contributed by atoms with E-state index in [1.54, 1.807) is 16.7 Å². The number of hydrogen-bond acceptors (Lipinski definition) is 1. The zero-order valence-electron chi connectivity index (χ0n) is 13.7. The van der Waals surface area contributed by atoms with E-state index in [0.29, 0.717) is 6.04 Å². The first-order valence-corrected chi connectivity index (χ1v) is 9.22. The van der Waals surface area contributed by atoms with Crippen molar-refractivity contribution in [3.63, 3.8) is 0 Å². The molecule has 0 amide bonds. The minimum atomic E-state index is 0.582. The second-order valence-corrected chi connectivity index (χ2v) is 7.13. The van der Waals surface area contributed by atoms with Gasteiger partial charge < -0.3 is 5.32 Å². The summed E-state index contributed by atoms with van der Waals surface area (Å²) in [5.74, 6) is 0.946. The predicted molar refractivity (Wildman–Crippen MR) is 90.7 cm³/mol. The van der Waals surface area contributed by atoms with Crippen molar-refractivity contribution in [1.82, 2.24) is 5.32 Å². The SMILES string of the molecule is CCCNC(CC1CCCCC1)c1ccc2c(c1)CCC2. The number of hydrogen-bond donors (Lipinski definition) is 1. The molecule has 1 nitrogen and oxygen atoms in total. The predicted octanol–water partition coefficient (Wildman–Crippen LogP) is 5.19. The number of rotatable bonds is 6. The summed E-state index contributed by atoms with van der Waals surface area (Å²) in [5.41, 5.74) is 4.78. The van der Waals surface area contributed by atoms with Crippen molar-refractivity contribution in [3.05, 3.63) is 34.9 Å². The summed E-state index contributed by atoms with van der Waals surface area (Å²) in [6, 6.07) is 7.90. The van der Waals surface area contributed by atoms with Crippen LogP contribution >= 0.6 is 0 Å². The van der Waals surface area contributed by atoms with E-state index in [1.807, 2.05) is 0 Å². The van der Waals surface area contributed by atoms with Crippen molar-refractivity contribution in [3.8, 4) is 0 Å². The van der Waals surface area contributed by atoms with E-state index in [0.717, 1.165) is 12.5 Å². The molecule has 2 aliphatic rings. The van der Waals surface area contributed by atoms with Gasteiger partial charge in [0.05, 0.1) is 0 Å². The average molecular weight is 285 g/mol. The van der Waals surface area contributed by atoms with Gasteiger partial charge in [0.2, 0.25) is 0 Å². The number of fused-ring (bicyclic) bond motifs is 1. The molecule has 1 fully saturated rings. The van der Waals surface area contributed by atoms with E-state index in [-0.39, 0.29) is 0 Å². The van der Waals surface area contributed by atoms with Gasteiger partial charge in [-0.05, 0) is 61.3 Å². The Kier molecular flexibility index (Phi) is 5.35. The molecule has 0 bridgehead atoms. The maximum absolute atomic E-state index is 3.82. The van der Waals surface area contributed by atoms with Gasteiger partial charge in [0.15, 0.2) is 0 Å². The van der Waals surface area contributed by atoms with Crippen LogP contribution in [0.4, 0.5) is 0 Å². The first-order chi connectivity index (χ1) is 10.4. The maximum atomic E-state index is 3.82. The van der Waals surface area contributed by atoms with Gasteiger partial charge in [-0.3, -0.25) is 0 Å². The summed E-state index contributed by atoms with van der Waals surface area (Å²) in [6.45, 7) is 3.42. The minimum Gasteiger partial charge on any atom is -0.310 e. The molecule has 1 aromatic carbocycles. The molecular formula is C20H31N. The first kappa shape index (κ1) is 15.1. The molecule has 1 unspecified atom stereocenters. The van der Waals surface area contributed by atoms with Crippen molar-refractivity contribution in [1.29, 1.82) is 0 Å². The first-order valence-electron chi connectivity index (χ1n) is 9.22. The number of benzene rings is 1. The molecule has 1 aromatic rings. The lowest BCUT2D eigenvalue weighted by Crippen LogP contribution is -2.25. The average Bonchev–Trinajstić information content (AvgIpc) is 3.00. The van der Waals surface area contributed by atoms with Crippen LogP contribution in [-0.2, 0) is 12.8 Å². The van der Waals surface area contributed by atoms with E-state index < -0.39 is 0 Å². The molecule has 0 aromatic heterocycles. The molecule has 1 N–H and O–H groups in total. The molecule has 116 valence electrons. The Hall–Kier alpha value is -0.820. The fourth-order valence-electron chi connectivity index (χ4n) is 4.22. The second-order valence-electron chi connectivity index (χ2n) is 7.13. The molecular weight excluding hydrogens is 254 g/mol. The van der Waals surface area contributed by atoms with Gasteiger partial charge in [0.25, 0.3) is 0 Å².